The number of carbonyl (C=O) groups excluding carboxylic acids is 1. The van der Waals surface area contributed by atoms with Crippen LogP contribution in [0.25, 0.3) is 11.3 Å². The minimum absolute atomic E-state index is 0.214. The highest BCUT2D eigenvalue weighted by molar-refractivity contribution is 6.29. The van der Waals surface area contributed by atoms with Gasteiger partial charge in [-0.1, -0.05) is 11.6 Å². The molecule has 9 heteroatoms. The molecule has 1 aliphatic heterocycles. The first-order chi connectivity index (χ1) is 12.5. The lowest BCUT2D eigenvalue weighted by Crippen LogP contribution is -2.61. The number of halogens is 2. The third-order valence-electron chi connectivity index (χ3n) is 4.31. The van der Waals surface area contributed by atoms with Crippen LogP contribution in [-0.2, 0) is 22.1 Å². The summed E-state index contributed by atoms with van der Waals surface area (Å²) in [5.41, 5.74) is -0.304. The summed E-state index contributed by atoms with van der Waals surface area (Å²) >= 11 is 5.85. The zero-order valence-electron chi connectivity index (χ0n) is 15.9. The van der Waals surface area contributed by atoms with Gasteiger partial charge in [0.25, 0.3) is 0 Å². The average molecular weight is 397 g/mol. The molecule has 0 aromatic carbocycles. The summed E-state index contributed by atoms with van der Waals surface area (Å²) in [7, 11) is 1.80. The number of amides is 1. The van der Waals surface area contributed by atoms with Crippen molar-refractivity contribution in [3.63, 3.8) is 0 Å². The normalized spacial score (nSPS) is 16.0. The Kier molecular flexibility index (Phi) is 4.90. The fourth-order valence-corrected chi connectivity index (χ4v) is 3.18. The molecule has 1 fully saturated rings. The van der Waals surface area contributed by atoms with E-state index in [9.17, 15) is 9.18 Å². The second kappa shape index (κ2) is 6.76. The number of hydrogen-bond acceptors (Lipinski definition) is 5. The summed E-state index contributed by atoms with van der Waals surface area (Å²) in [6.45, 7) is 7.59. The van der Waals surface area contributed by atoms with Crippen LogP contribution in [0, 0.1) is 12.7 Å². The van der Waals surface area contributed by atoms with Crippen molar-refractivity contribution in [3.05, 3.63) is 34.8 Å². The van der Waals surface area contributed by atoms with Crippen LogP contribution < -0.4 is 5.32 Å². The van der Waals surface area contributed by atoms with Crippen LogP contribution in [0.3, 0.4) is 0 Å². The minimum atomic E-state index is -0.879. The quantitative estimate of drug-likeness (QED) is 0.805. The highest BCUT2D eigenvalue weighted by atomic mass is 35.5. The van der Waals surface area contributed by atoms with E-state index in [4.69, 9.17) is 21.1 Å². The number of ether oxygens (including phenoxy) is 2. The molecule has 0 atom stereocenters. The highest BCUT2D eigenvalue weighted by Gasteiger charge is 2.47. The molecule has 146 valence electrons. The Hall–Kier alpha value is -2.19. The van der Waals surface area contributed by atoms with Crippen molar-refractivity contribution in [2.24, 2.45) is 7.05 Å². The van der Waals surface area contributed by atoms with Gasteiger partial charge in [-0.15, -0.1) is 0 Å². The molecule has 1 saturated heterocycles. The van der Waals surface area contributed by atoms with E-state index < -0.39 is 23.1 Å². The van der Waals surface area contributed by atoms with E-state index in [2.05, 4.69) is 15.3 Å². The Morgan fingerprint density at radius 2 is 2.11 bits per heavy atom. The van der Waals surface area contributed by atoms with Gasteiger partial charge in [-0.25, -0.2) is 19.2 Å². The van der Waals surface area contributed by atoms with Gasteiger partial charge < -0.3 is 19.4 Å². The Balaban J connectivity index is 2.07. The van der Waals surface area contributed by atoms with Crippen molar-refractivity contribution in [2.45, 2.75) is 38.8 Å². The van der Waals surface area contributed by atoms with Crippen LogP contribution in [0.2, 0.25) is 5.15 Å². The third kappa shape index (κ3) is 3.64. The molecule has 3 heterocycles. The first-order valence-corrected chi connectivity index (χ1v) is 8.85. The predicted octanol–water partition coefficient (Wildman–Crippen LogP) is 3.33. The van der Waals surface area contributed by atoms with Gasteiger partial charge >= 0.3 is 6.09 Å². The largest absolute Gasteiger partial charge is 0.444 e. The van der Waals surface area contributed by atoms with E-state index in [1.54, 1.807) is 34.7 Å². The van der Waals surface area contributed by atoms with E-state index in [1.807, 2.05) is 4.57 Å². The van der Waals surface area contributed by atoms with E-state index in [-0.39, 0.29) is 23.9 Å². The average Bonchev–Trinajstić information content (AvgIpc) is 2.80. The third-order valence-corrected chi connectivity index (χ3v) is 4.57. The first-order valence-electron chi connectivity index (χ1n) is 8.47. The van der Waals surface area contributed by atoms with Crippen molar-refractivity contribution in [1.29, 1.82) is 0 Å². The van der Waals surface area contributed by atoms with Crippen LogP contribution in [0.5, 0.6) is 0 Å². The molecular formula is C18H22ClFN4O3. The first kappa shape index (κ1) is 19.6. The maximum absolute atomic E-state index is 14.6. The van der Waals surface area contributed by atoms with Gasteiger partial charge in [0.1, 0.15) is 17.0 Å². The fourth-order valence-electron chi connectivity index (χ4n) is 3.02. The SMILES string of the molecule is Cc1nc(-c2ccnc(Cl)c2F)c(C2(NC(=O)OC(C)(C)C)COC2)n1C. The standard InChI is InChI=1S/C18H22ClFN4O3/c1-10-22-13(11-6-7-21-15(19)12(11)20)14(24(10)5)18(8-26-9-18)23-16(25)27-17(2,3)4/h6-7H,8-9H2,1-5H3,(H,23,25). The van der Waals surface area contributed by atoms with Gasteiger partial charge in [0.05, 0.1) is 24.6 Å². The summed E-state index contributed by atoms with van der Waals surface area (Å²) in [4.78, 5) is 20.7. The summed E-state index contributed by atoms with van der Waals surface area (Å²) in [5, 5.41) is 2.65. The maximum Gasteiger partial charge on any atom is 0.408 e. The van der Waals surface area contributed by atoms with Crippen LogP contribution >= 0.6 is 11.6 Å². The zero-order valence-corrected chi connectivity index (χ0v) is 16.6. The number of alkyl carbamates (subject to hydrolysis) is 1. The number of imidazole rings is 1. The number of nitrogens with one attached hydrogen (secondary N) is 1. The summed E-state index contributed by atoms with van der Waals surface area (Å²) in [5.74, 6) is -0.00391. The predicted molar refractivity (Wildman–Crippen MR) is 98.0 cm³/mol. The topological polar surface area (TPSA) is 78.3 Å². The van der Waals surface area contributed by atoms with Gasteiger partial charge in [-0.3, -0.25) is 0 Å². The molecule has 0 saturated carbocycles. The van der Waals surface area contributed by atoms with Gasteiger partial charge in [-0.2, -0.15) is 0 Å². The van der Waals surface area contributed by atoms with Crippen molar-refractivity contribution in [2.75, 3.05) is 13.2 Å². The lowest BCUT2D eigenvalue weighted by molar-refractivity contribution is -0.0827. The number of aromatic nitrogens is 3. The number of pyridine rings is 1. The molecule has 1 amide bonds. The van der Waals surface area contributed by atoms with Crippen LogP contribution in [0.15, 0.2) is 12.3 Å². The number of rotatable bonds is 3. The van der Waals surface area contributed by atoms with Gasteiger partial charge in [-0.05, 0) is 33.8 Å². The molecular weight excluding hydrogens is 375 g/mol. The highest BCUT2D eigenvalue weighted by Crippen LogP contribution is 2.38. The molecule has 0 spiro atoms. The number of hydrogen-bond donors (Lipinski definition) is 1. The molecule has 2 aromatic heterocycles. The van der Waals surface area contributed by atoms with Gasteiger partial charge in [0.15, 0.2) is 11.0 Å². The van der Waals surface area contributed by atoms with E-state index >= 15 is 0 Å². The summed E-state index contributed by atoms with van der Waals surface area (Å²) < 4.78 is 27.2. The smallest absolute Gasteiger partial charge is 0.408 e. The molecule has 0 unspecified atom stereocenters. The van der Waals surface area contributed by atoms with E-state index in [0.717, 1.165) is 0 Å². The van der Waals surface area contributed by atoms with Gasteiger partial charge in [0, 0.05) is 18.8 Å². The summed E-state index contributed by atoms with van der Waals surface area (Å²) in [6, 6.07) is 1.51. The van der Waals surface area contributed by atoms with Crippen molar-refractivity contribution < 1.29 is 18.7 Å². The molecule has 27 heavy (non-hydrogen) atoms. The van der Waals surface area contributed by atoms with Crippen LogP contribution in [0.4, 0.5) is 9.18 Å². The Labute approximate surface area is 161 Å². The monoisotopic (exact) mass is 396 g/mol. The molecule has 0 aliphatic carbocycles. The second-order valence-electron chi connectivity index (χ2n) is 7.58. The van der Waals surface area contributed by atoms with E-state index in [1.165, 1.54) is 12.3 Å². The summed E-state index contributed by atoms with van der Waals surface area (Å²) in [6.07, 6.45) is 0.837. The van der Waals surface area contributed by atoms with E-state index in [0.29, 0.717) is 17.2 Å². The van der Waals surface area contributed by atoms with Crippen LogP contribution in [0.1, 0.15) is 32.3 Å². The fraction of sp³-hybridized carbons (Fsp3) is 0.500. The number of carbonyl (C=O) groups is 1. The lowest BCUT2D eigenvalue weighted by Gasteiger charge is -2.42. The zero-order chi connectivity index (χ0) is 20.0. The van der Waals surface area contributed by atoms with Crippen molar-refractivity contribution >= 4 is 17.7 Å². The van der Waals surface area contributed by atoms with Crippen LogP contribution in [-0.4, -0.2) is 39.4 Å². The number of nitrogens with zero attached hydrogens (tertiary/aromatic N) is 3. The molecule has 3 rings (SSSR count). The second-order valence-corrected chi connectivity index (χ2v) is 7.94. The molecule has 0 radical (unpaired) electrons. The Bertz CT molecular complexity index is 887. The van der Waals surface area contributed by atoms with Gasteiger partial charge in [0.2, 0.25) is 0 Å². The molecule has 0 bridgehead atoms. The molecule has 1 N–H and O–H groups in total. The van der Waals surface area contributed by atoms with Crippen molar-refractivity contribution in [3.8, 4) is 11.3 Å². The maximum atomic E-state index is 14.6. The Morgan fingerprint density at radius 1 is 1.44 bits per heavy atom. The number of aryl methyl sites for hydroxylation is 1. The minimum Gasteiger partial charge on any atom is -0.444 e. The molecule has 2 aromatic rings. The van der Waals surface area contributed by atoms with Crippen molar-refractivity contribution in [1.82, 2.24) is 19.9 Å². The molecule has 7 nitrogen and oxygen atoms in total. The lowest BCUT2D eigenvalue weighted by atomic mass is 9.89. The molecule has 1 aliphatic rings. The Morgan fingerprint density at radius 3 is 2.67 bits per heavy atom.